The van der Waals surface area contributed by atoms with Crippen LogP contribution in [0.3, 0.4) is 0 Å². The summed E-state index contributed by atoms with van der Waals surface area (Å²) >= 11 is 0. The first kappa shape index (κ1) is 38.1. The van der Waals surface area contributed by atoms with E-state index in [1.807, 2.05) is 66.7 Å². The van der Waals surface area contributed by atoms with Crippen molar-refractivity contribution in [2.75, 3.05) is 13.7 Å². The van der Waals surface area contributed by atoms with Crippen LogP contribution in [0.5, 0.6) is 11.6 Å². The Morgan fingerprint density at radius 2 is 1.73 bits per heavy atom. The van der Waals surface area contributed by atoms with Crippen LogP contribution in [-0.2, 0) is 14.4 Å². The predicted octanol–water partition coefficient (Wildman–Crippen LogP) is 3.91. The number of rotatable bonds is 13. The number of aromatic nitrogens is 1. The molecule has 280 valence electrons. The van der Waals surface area contributed by atoms with Gasteiger partial charge in [0.05, 0.1) is 19.7 Å². The van der Waals surface area contributed by atoms with Crippen LogP contribution in [0.25, 0.3) is 10.8 Å². The molecule has 2 heterocycles. The maximum absolute atomic E-state index is 14.5. The van der Waals surface area contributed by atoms with Crippen LogP contribution < -0.4 is 30.7 Å². The highest BCUT2D eigenvalue weighted by molar-refractivity contribution is 5.94. The minimum atomic E-state index is -1.45. The number of aliphatic hydroxyl groups excluding tert-OH is 1. The molecule has 5 amide bonds. The van der Waals surface area contributed by atoms with Crippen molar-refractivity contribution >= 4 is 34.5 Å². The number of likely N-dealkylation sites (tertiary alicyclic amines) is 1. The third-order valence-corrected chi connectivity index (χ3v) is 9.52. The zero-order valence-electron chi connectivity index (χ0n) is 31.3. The molecule has 1 aliphatic heterocycles. The fourth-order valence-electron chi connectivity index (χ4n) is 6.48. The van der Waals surface area contributed by atoms with Crippen molar-refractivity contribution in [3.8, 4) is 11.6 Å². The molecule has 2 aromatic rings. The number of pyridine rings is 1. The number of methoxy groups -OCH3 is 1. The molecule has 5 N–H and O–H groups in total. The number of hydrogen-bond donors (Lipinski definition) is 5. The van der Waals surface area contributed by atoms with Gasteiger partial charge in [-0.1, -0.05) is 34.1 Å². The minimum Gasteiger partial charge on any atom is -0.497 e. The third kappa shape index (κ3) is 9.81. The Bertz CT molecular complexity index is 1610. The number of benzene rings is 1. The van der Waals surface area contributed by atoms with E-state index in [9.17, 15) is 24.3 Å². The predicted molar refractivity (Wildman–Crippen MR) is 193 cm³/mol. The van der Waals surface area contributed by atoms with Gasteiger partial charge in [0.15, 0.2) is 6.10 Å². The summed E-state index contributed by atoms with van der Waals surface area (Å²) in [6, 6.07) is 4.44. The highest BCUT2D eigenvalue weighted by Gasteiger charge is 2.47. The molecule has 1 saturated heterocycles. The first-order valence-electron chi connectivity index (χ1n) is 18.3. The molecule has 3 aliphatic rings. The van der Waals surface area contributed by atoms with E-state index in [4.69, 9.17) is 14.5 Å². The summed E-state index contributed by atoms with van der Waals surface area (Å²) in [6.45, 7) is 13.1. The fourth-order valence-corrected chi connectivity index (χ4v) is 6.48. The number of carbonyl (C=O) groups excluding carboxylic acids is 4. The van der Waals surface area contributed by atoms with Gasteiger partial charge in [0, 0.05) is 35.0 Å². The molecule has 2 saturated carbocycles. The molecule has 13 nitrogen and oxygen atoms in total. The van der Waals surface area contributed by atoms with Crippen molar-refractivity contribution in [2.45, 2.75) is 141 Å². The third-order valence-electron chi connectivity index (χ3n) is 9.52. The van der Waals surface area contributed by atoms with Crippen LogP contribution >= 0.6 is 0 Å². The number of aliphatic hydroxyl groups is 1. The van der Waals surface area contributed by atoms with Gasteiger partial charge in [0.1, 0.15) is 23.9 Å². The minimum absolute atomic E-state index is 0.0486. The van der Waals surface area contributed by atoms with Crippen molar-refractivity contribution in [3.63, 3.8) is 0 Å². The molecule has 5 atom stereocenters. The zero-order chi connectivity index (χ0) is 37.2. The molecule has 0 bridgehead atoms. The largest absolute Gasteiger partial charge is 0.497 e. The maximum Gasteiger partial charge on any atom is 0.315 e. The number of nitrogens with one attached hydrogen (secondary N) is 4. The Morgan fingerprint density at radius 1 is 1.02 bits per heavy atom. The van der Waals surface area contributed by atoms with Gasteiger partial charge in [0.2, 0.25) is 17.7 Å². The summed E-state index contributed by atoms with van der Waals surface area (Å²) in [7, 11) is 1.62. The van der Waals surface area contributed by atoms with Crippen LogP contribution in [0.15, 0.2) is 24.3 Å². The molecular formula is C38H56N6O7. The van der Waals surface area contributed by atoms with E-state index in [-0.39, 0.29) is 19.0 Å². The lowest BCUT2D eigenvalue weighted by Crippen LogP contribution is -2.61. The average molecular weight is 709 g/mol. The summed E-state index contributed by atoms with van der Waals surface area (Å²) < 4.78 is 12.1. The van der Waals surface area contributed by atoms with Gasteiger partial charge in [-0.2, -0.15) is 0 Å². The van der Waals surface area contributed by atoms with E-state index in [0.29, 0.717) is 30.4 Å². The van der Waals surface area contributed by atoms with Crippen LogP contribution in [-0.4, -0.2) is 94.3 Å². The van der Waals surface area contributed by atoms with Gasteiger partial charge in [-0.3, -0.25) is 14.4 Å². The van der Waals surface area contributed by atoms with Gasteiger partial charge in [-0.05, 0) is 87.9 Å². The number of fused-ring (bicyclic) bond motifs is 1. The summed E-state index contributed by atoms with van der Waals surface area (Å²) in [4.78, 5) is 61.0. The normalized spacial score (nSPS) is 21.0. The van der Waals surface area contributed by atoms with Crippen LogP contribution in [0.1, 0.15) is 105 Å². The van der Waals surface area contributed by atoms with E-state index in [2.05, 4.69) is 27.3 Å². The topological polar surface area (TPSA) is 171 Å². The van der Waals surface area contributed by atoms with Crippen LogP contribution in [0, 0.1) is 5.41 Å². The second-order valence-electron chi connectivity index (χ2n) is 16.5. The lowest BCUT2D eigenvalue weighted by molar-refractivity contribution is -0.143. The molecule has 5 rings (SSSR count). The number of ether oxygens (including phenoxy) is 2. The molecule has 0 spiro atoms. The number of nitrogens with zero attached hydrogens (tertiary/aromatic N) is 2. The summed E-state index contributed by atoms with van der Waals surface area (Å²) in [6.07, 6.45) is 2.86. The maximum atomic E-state index is 14.5. The summed E-state index contributed by atoms with van der Waals surface area (Å²) in [5.41, 5.74) is -0.335. The lowest BCUT2D eigenvalue weighted by atomic mass is 9.85. The highest BCUT2D eigenvalue weighted by Crippen LogP contribution is 2.42. The Morgan fingerprint density at radius 3 is 2.31 bits per heavy atom. The molecule has 1 aromatic heterocycles. The van der Waals surface area contributed by atoms with Crippen LogP contribution in [0.2, 0.25) is 0 Å². The van der Waals surface area contributed by atoms with E-state index < -0.39 is 65.0 Å². The summed E-state index contributed by atoms with van der Waals surface area (Å²) in [5.74, 6) is 0.00506. The number of hydrogen-bond acceptors (Lipinski definition) is 8. The second kappa shape index (κ2) is 15.2. The summed E-state index contributed by atoms with van der Waals surface area (Å²) in [5, 5.41) is 24.1. The number of urea groups is 1. The Hall–Kier alpha value is -4.13. The first-order valence-corrected chi connectivity index (χ1v) is 18.3. The Balaban J connectivity index is 1.44. The van der Waals surface area contributed by atoms with Crippen molar-refractivity contribution in [3.05, 3.63) is 30.0 Å². The lowest BCUT2D eigenvalue weighted by Gasteiger charge is -2.36. The standard InChI is InChI=1S/C38H56N6O7/c1-9-10-27(30(45)33(47)39-23-13-14-23)40-32(46)29-19-25(20-44(29)35(48)31(37(2,3)4)42-36(49)43-38(5,6)7)51-34-26-16-15-24(50-8)17-22(26)18-28(41-34)21-11-12-21/h15-18,21,23,25,27,29-31,45H,9-14,19-20H2,1-8H3,(H,39,47)(H,40,46)(H2,42,43,49)/t25?,27?,29?,30-,31+/m0/s1. The zero-order valence-corrected chi connectivity index (χ0v) is 31.3. The Kier molecular flexibility index (Phi) is 11.4. The molecule has 0 radical (unpaired) electrons. The van der Waals surface area contributed by atoms with Crippen molar-refractivity contribution < 1.29 is 33.8 Å². The van der Waals surface area contributed by atoms with E-state index >= 15 is 0 Å². The molecule has 2 aliphatic carbocycles. The van der Waals surface area contributed by atoms with Gasteiger partial charge in [-0.25, -0.2) is 9.78 Å². The highest BCUT2D eigenvalue weighted by atomic mass is 16.5. The molecular weight excluding hydrogens is 652 g/mol. The smallest absolute Gasteiger partial charge is 0.315 e. The molecule has 1 aromatic carbocycles. The quantitative estimate of drug-likeness (QED) is 0.209. The second-order valence-corrected chi connectivity index (χ2v) is 16.5. The first-order chi connectivity index (χ1) is 24.0. The fraction of sp³-hybridized carbons (Fsp3) is 0.658. The van der Waals surface area contributed by atoms with Gasteiger partial charge in [-0.15, -0.1) is 0 Å². The molecule has 13 heteroatoms. The van der Waals surface area contributed by atoms with E-state index in [1.165, 1.54) is 4.90 Å². The van der Waals surface area contributed by atoms with Gasteiger partial charge < -0.3 is 40.7 Å². The number of carbonyl (C=O) groups is 4. The molecule has 3 fully saturated rings. The molecule has 3 unspecified atom stereocenters. The van der Waals surface area contributed by atoms with E-state index in [1.54, 1.807) is 7.11 Å². The Labute approximate surface area is 301 Å². The average Bonchev–Trinajstić information content (AvgIpc) is 3.99. The van der Waals surface area contributed by atoms with Crippen molar-refractivity contribution in [1.82, 2.24) is 31.2 Å². The van der Waals surface area contributed by atoms with E-state index in [0.717, 1.165) is 42.1 Å². The number of amides is 5. The molecule has 51 heavy (non-hydrogen) atoms. The van der Waals surface area contributed by atoms with Gasteiger partial charge in [0.25, 0.3) is 5.91 Å². The van der Waals surface area contributed by atoms with Crippen molar-refractivity contribution in [2.24, 2.45) is 5.41 Å². The van der Waals surface area contributed by atoms with Gasteiger partial charge >= 0.3 is 6.03 Å². The SMILES string of the molecule is CCCC(NC(=O)C1CC(Oc2nc(C3CC3)cc3cc(OC)ccc23)CN1C(=O)[C@@H](NC(=O)NC(C)(C)C)C(C)(C)C)[C@H](O)C(=O)NC1CC1. The van der Waals surface area contributed by atoms with Crippen molar-refractivity contribution in [1.29, 1.82) is 0 Å². The van der Waals surface area contributed by atoms with Crippen LogP contribution in [0.4, 0.5) is 4.79 Å². The monoisotopic (exact) mass is 708 g/mol.